The first kappa shape index (κ1) is 21.8. The second-order valence-electron chi connectivity index (χ2n) is 9.38. The SMILES string of the molecule is Cc1cccc(-n2cc(CN3CCC(C(=O)N4CCCC4)CC3)c(-c3cccc(F)c3)n2)c1. The molecule has 2 aliphatic heterocycles. The Hall–Kier alpha value is -2.99. The number of hydrogen-bond acceptors (Lipinski definition) is 3. The van der Waals surface area contributed by atoms with E-state index in [0.29, 0.717) is 5.91 Å². The maximum absolute atomic E-state index is 14.0. The van der Waals surface area contributed by atoms with E-state index in [-0.39, 0.29) is 11.7 Å². The fourth-order valence-electron chi connectivity index (χ4n) is 5.08. The lowest BCUT2D eigenvalue weighted by Crippen LogP contribution is -2.41. The first-order valence-electron chi connectivity index (χ1n) is 12.0. The molecular weight excluding hydrogens is 415 g/mol. The molecular formula is C27H31FN4O. The van der Waals surface area contributed by atoms with Gasteiger partial charge in [-0.3, -0.25) is 9.69 Å². The van der Waals surface area contributed by atoms with Gasteiger partial charge in [-0.1, -0.05) is 24.3 Å². The second-order valence-corrected chi connectivity index (χ2v) is 9.38. The van der Waals surface area contributed by atoms with E-state index >= 15 is 0 Å². The summed E-state index contributed by atoms with van der Waals surface area (Å²) in [5, 5.41) is 4.86. The lowest BCUT2D eigenvalue weighted by atomic mass is 9.95. The Morgan fingerprint density at radius 3 is 2.52 bits per heavy atom. The Labute approximate surface area is 194 Å². The summed E-state index contributed by atoms with van der Waals surface area (Å²) >= 11 is 0. The highest BCUT2D eigenvalue weighted by molar-refractivity contribution is 5.79. The number of amides is 1. The Morgan fingerprint density at radius 1 is 1.03 bits per heavy atom. The molecule has 0 aliphatic carbocycles. The van der Waals surface area contributed by atoms with E-state index in [1.54, 1.807) is 12.1 Å². The highest BCUT2D eigenvalue weighted by Crippen LogP contribution is 2.28. The smallest absolute Gasteiger partial charge is 0.225 e. The molecule has 3 heterocycles. The number of carbonyl (C=O) groups is 1. The van der Waals surface area contributed by atoms with Crippen LogP contribution < -0.4 is 0 Å². The van der Waals surface area contributed by atoms with Crippen molar-refractivity contribution in [2.24, 2.45) is 5.92 Å². The summed E-state index contributed by atoms with van der Waals surface area (Å²) in [6.45, 7) is 6.44. The van der Waals surface area contributed by atoms with Crippen molar-refractivity contribution in [1.29, 1.82) is 0 Å². The molecule has 33 heavy (non-hydrogen) atoms. The summed E-state index contributed by atoms with van der Waals surface area (Å²) in [6, 6.07) is 14.9. The van der Waals surface area contributed by atoms with E-state index in [9.17, 15) is 9.18 Å². The topological polar surface area (TPSA) is 41.4 Å². The van der Waals surface area contributed by atoms with Crippen molar-refractivity contribution in [3.63, 3.8) is 0 Å². The third kappa shape index (κ3) is 4.86. The highest BCUT2D eigenvalue weighted by Gasteiger charge is 2.30. The first-order chi connectivity index (χ1) is 16.1. The molecule has 0 saturated carbocycles. The van der Waals surface area contributed by atoms with Gasteiger partial charge in [-0.25, -0.2) is 9.07 Å². The molecule has 0 spiro atoms. The number of aromatic nitrogens is 2. The van der Waals surface area contributed by atoms with E-state index in [1.807, 2.05) is 27.8 Å². The van der Waals surface area contributed by atoms with E-state index in [0.717, 1.165) is 80.9 Å². The molecule has 5 nitrogen and oxygen atoms in total. The first-order valence-corrected chi connectivity index (χ1v) is 12.0. The van der Waals surface area contributed by atoms with Gasteiger partial charge in [-0.15, -0.1) is 0 Å². The fourth-order valence-corrected chi connectivity index (χ4v) is 5.08. The molecule has 0 radical (unpaired) electrons. The molecule has 2 saturated heterocycles. The zero-order chi connectivity index (χ0) is 22.8. The number of rotatable bonds is 5. The van der Waals surface area contributed by atoms with Crippen molar-refractivity contribution >= 4 is 5.91 Å². The van der Waals surface area contributed by atoms with Crippen LogP contribution in [0.1, 0.15) is 36.8 Å². The van der Waals surface area contributed by atoms with Crippen LogP contribution in [-0.4, -0.2) is 51.7 Å². The van der Waals surface area contributed by atoms with Gasteiger partial charge >= 0.3 is 0 Å². The minimum absolute atomic E-state index is 0.150. The number of nitrogens with zero attached hydrogens (tertiary/aromatic N) is 4. The van der Waals surface area contributed by atoms with Crippen LogP contribution in [0.15, 0.2) is 54.7 Å². The molecule has 1 aromatic heterocycles. The number of likely N-dealkylation sites (tertiary alicyclic amines) is 2. The standard InChI is InChI=1S/C27H31FN4O/c1-20-6-4-9-25(16-20)32-19-23(26(29-32)22-7-5-8-24(28)17-22)18-30-14-10-21(11-15-30)27(33)31-12-2-3-13-31/h4-9,16-17,19,21H,2-3,10-15,18H2,1H3. The van der Waals surface area contributed by atoms with Gasteiger partial charge in [-0.05, 0) is 75.5 Å². The summed E-state index contributed by atoms with van der Waals surface area (Å²) < 4.78 is 15.9. The quantitative estimate of drug-likeness (QED) is 0.564. The monoisotopic (exact) mass is 446 g/mol. The Morgan fingerprint density at radius 2 is 1.79 bits per heavy atom. The summed E-state index contributed by atoms with van der Waals surface area (Å²) in [4.78, 5) is 17.2. The summed E-state index contributed by atoms with van der Waals surface area (Å²) in [6.07, 6.45) is 6.14. The van der Waals surface area contributed by atoms with Crippen LogP contribution in [-0.2, 0) is 11.3 Å². The van der Waals surface area contributed by atoms with Gasteiger partial charge in [0.1, 0.15) is 5.82 Å². The lowest BCUT2D eigenvalue weighted by Gasteiger charge is -2.33. The van der Waals surface area contributed by atoms with Crippen molar-refractivity contribution in [2.45, 2.75) is 39.2 Å². The summed E-state index contributed by atoms with van der Waals surface area (Å²) in [5.41, 5.74) is 4.84. The maximum atomic E-state index is 14.0. The van der Waals surface area contributed by atoms with Crippen LogP contribution in [0.4, 0.5) is 4.39 Å². The molecule has 5 rings (SSSR count). The maximum Gasteiger partial charge on any atom is 0.225 e. The molecule has 1 amide bonds. The number of halogens is 1. The van der Waals surface area contributed by atoms with Crippen LogP contribution in [0.3, 0.4) is 0 Å². The Balaban J connectivity index is 1.35. The molecule has 2 fully saturated rings. The van der Waals surface area contributed by atoms with E-state index in [1.165, 1.54) is 11.6 Å². The average Bonchev–Trinajstić information content (AvgIpc) is 3.50. The molecule has 0 atom stereocenters. The molecule has 172 valence electrons. The Kier molecular flexibility index (Phi) is 6.27. The predicted octanol–water partition coefficient (Wildman–Crippen LogP) is 4.82. The normalized spacial score (nSPS) is 17.6. The fraction of sp³-hybridized carbons (Fsp3) is 0.407. The predicted molar refractivity (Wildman–Crippen MR) is 128 cm³/mol. The molecule has 0 unspecified atom stereocenters. The molecule has 2 aliphatic rings. The Bertz CT molecular complexity index is 1130. The van der Waals surface area contributed by atoms with Gasteiger partial charge in [-0.2, -0.15) is 5.10 Å². The van der Waals surface area contributed by atoms with Gasteiger partial charge in [0.2, 0.25) is 5.91 Å². The molecule has 0 N–H and O–H groups in total. The zero-order valence-electron chi connectivity index (χ0n) is 19.2. The average molecular weight is 447 g/mol. The van der Waals surface area contributed by atoms with Crippen molar-refractivity contribution in [2.75, 3.05) is 26.2 Å². The number of hydrogen-bond donors (Lipinski definition) is 0. The molecule has 3 aromatic rings. The minimum Gasteiger partial charge on any atom is -0.342 e. The highest BCUT2D eigenvalue weighted by atomic mass is 19.1. The van der Waals surface area contributed by atoms with Gasteiger partial charge in [0, 0.05) is 42.9 Å². The summed E-state index contributed by atoms with van der Waals surface area (Å²) in [7, 11) is 0. The number of benzene rings is 2. The summed E-state index contributed by atoms with van der Waals surface area (Å²) in [5.74, 6) is 0.238. The molecule has 2 aromatic carbocycles. The third-order valence-corrected chi connectivity index (χ3v) is 6.90. The van der Waals surface area contributed by atoms with Gasteiger partial charge in [0.15, 0.2) is 0 Å². The van der Waals surface area contributed by atoms with Gasteiger partial charge in [0.05, 0.1) is 11.4 Å². The van der Waals surface area contributed by atoms with Crippen molar-refractivity contribution < 1.29 is 9.18 Å². The van der Waals surface area contributed by atoms with Crippen LogP contribution in [0.25, 0.3) is 16.9 Å². The van der Waals surface area contributed by atoms with E-state index in [2.05, 4.69) is 30.2 Å². The largest absolute Gasteiger partial charge is 0.342 e. The van der Waals surface area contributed by atoms with Crippen LogP contribution in [0, 0.1) is 18.7 Å². The number of carbonyl (C=O) groups excluding carboxylic acids is 1. The number of piperidine rings is 1. The lowest BCUT2D eigenvalue weighted by molar-refractivity contribution is -0.136. The number of aryl methyl sites for hydroxylation is 1. The van der Waals surface area contributed by atoms with E-state index < -0.39 is 0 Å². The van der Waals surface area contributed by atoms with Crippen molar-refractivity contribution in [3.05, 3.63) is 71.7 Å². The van der Waals surface area contributed by atoms with Crippen molar-refractivity contribution in [3.8, 4) is 16.9 Å². The van der Waals surface area contributed by atoms with E-state index in [4.69, 9.17) is 5.10 Å². The third-order valence-electron chi connectivity index (χ3n) is 6.90. The molecule has 0 bridgehead atoms. The zero-order valence-corrected chi connectivity index (χ0v) is 19.2. The second kappa shape index (κ2) is 9.48. The molecule has 6 heteroatoms. The van der Waals surface area contributed by atoms with Crippen LogP contribution in [0.2, 0.25) is 0 Å². The van der Waals surface area contributed by atoms with Gasteiger partial charge in [0.25, 0.3) is 0 Å². The minimum atomic E-state index is -0.259. The van der Waals surface area contributed by atoms with Crippen molar-refractivity contribution in [1.82, 2.24) is 19.6 Å². The van der Waals surface area contributed by atoms with Crippen LogP contribution >= 0.6 is 0 Å². The van der Waals surface area contributed by atoms with Gasteiger partial charge < -0.3 is 4.90 Å². The van der Waals surface area contributed by atoms with Crippen LogP contribution in [0.5, 0.6) is 0 Å².